The summed E-state index contributed by atoms with van der Waals surface area (Å²) in [7, 11) is 3.03. The Morgan fingerprint density at radius 3 is 1.75 bits per heavy atom. The molecule has 4 rings (SSSR count). The zero-order chi connectivity index (χ0) is 42.9. The number of aliphatic hydroxyl groups excluding tert-OH is 1. The van der Waals surface area contributed by atoms with Crippen molar-refractivity contribution in [2.45, 2.75) is 84.1 Å². The highest BCUT2D eigenvalue weighted by atomic mass is 16.5. The van der Waals surface area contributed by atoms with E-state index in [-0.39, 0.29) is 43.7 Å². The van der Waals surface area contributed by atoms with E-state index in [2.05, 4.69) is 26.6 Å². The van der Waals surface area contributed by atoms with E-state index in [1.807, 2.05) is 72.8 Å². The highest BCUT2D eigenvalue weighted by Gasteiger charge is 2.38. The van der Waals surface area contributed by atoms with Crippen LogP contribution >= 0.6 is 0 Å². The first-order valence-electron chi connectivity index (χ1n) is 19.6. The zero-order valence-electron chi connectivity index (χ0n) is 34.4. The van der Waals surface area contributed by atoms with Crippen LogP contribution in [0, 0.1) is 11.8 Å². The van der Waals surface area contributed by atoms with Crippen LogP contribution in [0.2, 0.25) is 0 Å². The van der Waals surface area contributed by atoms with Gasteiger partial charge in [-0.1, -0.05) is 100 Å². The number of carbonyl (C=O) groups is 4. The van der Waals surface area contributed by atoms with Crippen molar-refractivity contribution in [3.63, 3.8) is 0 Å². The molecular formula is C45H57N5O9. The molecule has 0 fully saturated rings. The number of nitrogens with one attached hydrogen (secondary N) is 5. The third-order valence-corrected chi connectivity index (χ3v) is 9.78. The van der Waals surface area contributed by atoms with Crippen LogP contribution < -0.4 is 36.1 Å². The fourth-order valence-electron chi connectivity index (χ4n) is 6.29. The molecular weight excluding hydrogens is 755 g/mol. The number of amides is 4. The molecule has 0 bridgehead atoms. The van der Waals surface area contributed by atoms with Crippen LogP contribution in [-0.2, 0) is 45.2 Å². The standard InChI is InChI=1S/C45H57N5O9/c1-28(2)38(42(53)47-26-33-19-22-35(58-6)24-37(33)51)49-44(55)40(46-25-31-17-20-34(57-5)21-18-31)41(52)36(23-30-13-9-7-10-14-30)48-43(54)39(29(3)4)50-45(56)59-27-32-15-11-8-12-16-32/h7-22,24,28-29,36,38-41,46,51-52H,23,25-27H2,1-6H3,(H,47,53)(H,48,54)(H,49,55)(H,50,56). The molecule has 7 N–H and O–H groups in total. The van der Waals surface area contributed by atoms with Gasteiger partial charge in [0.05, 0.1) is 26.4 Å². The normalized spacial score (nSPS) is 13.6. The van der Waals surface area contributed by atoms with Gasteiger partial charge in [-0.3, -0.25) is 19.7 Å². The minimum atomic E-state index is -1.55. The van der Waals surface area contributed by atoms with E-state index in [4.69, 9.17) is 14.2 Å². The smallest absolute Gasteiger partial charge is 0.408 e. The number of hydrogen-bond donors (Lipinski definition) is 7. The molecule has 5 unspecified atom stereocenters. The summed E-state index contributed by atoms with van der Waals surface area (Å²) in [5.41, 5.74) is 2.76. The third kappa shape index (κ3) is 14.0. The highest BCUT2D eigenvalue weighted by Crippen LogP contribution is 2.23. The van der Waals surface area contributed by atoms with Crippen molar-refractivity contribution < 1.29 is 43.6 Å². The first-order chi connectivity index (χ1) is 28.3. The minimum absolute atomic E-state index is 0.00442. The maximum atomic E-state index is 14.4. The summed E-state index contributed by atoms with van der Waals surface area (Å²) in [5, 5.41) is 37.0. The average molecular weight is 812 g/mol. The van der Waals surface area contributed by atoms with E-state index in [1.54, 1.807) is 59.1 Å². The van der Waals surface area contributed by atoms with Crippen LogP contribution in [0.4, 0.5) is 4.79 Å². The molecule has 59 heavy (non-hydrogen) atoms. The molecule has 5 atom stereocenters. The van der Waals surface area contributed by atoms with Gasteiger partial charge in [-0.05, 0) is 59.2 Å². The number of hydrogen-bond acceptors (Lipinski definition) is 10. The molecule has 14 nitrogen and oxygen atoms in total. The van der Waals surface area contributed by atoms with Gasteiger partial charge in [-0.2, -0.15) is 0 Å². The molecule has 316 valence electrons. The second kappa shape index (κ2) is 22.7. The lowest BCUT2D eigenvalue weighted by Gasteiger charge is -2.33. The molecule has 0 saturated heterocycles. The Kier molecular flexibility index (Phi) is 17.6. The molecule has 0 saturated carbocycles. The molecule has 0 radical (unpaired) electrons. The van der Waals surface area contributed by atoms with Crippen molar-refractivity contribution in [3.05, 3.63) is 125 Å². The van der Waals surface area contributed by atoms with E-state index in [1.165, 1.54) is 13.2 Å². The molecule has 14 heteroatoms. The monoisotopic (exact) mass is 811 g/mol. The fourth-order valence-corrected chi connectivity index (χ4v) is 6.29. The Bertz CT molecular complexity index is 1940. The quantitative estimate of drug-likeness (QED) is 0.0635. The van der Waals surface area contributed by atoms with E-state index in [9.17, 15) is 29.4 Å². The largest absolute Gasteiger partial charge is 0.507 e. The maximum absolute atomic E-state index is 14.4. The second-order valence-corrected chi connectivity index (χ2v) is 14.9. The van der Waals surface area contributed by atoms with Crippen LogP contribution in [-0.4, -0.2) is 78.5 Å². The second-order valence-electron chi connectivity index (χ2n) is 14.9. The van der Waals surface area contributed by atoms with Gasteiger partial charge >= 0.3 is 6.09 Å². The summed E-state index contributed by atoms with van der Waals surface area (Å²) in [6.45, 7) is 7.19. The van der Waals surface area contributed by atoms with E-state index in [0.29, 0.717) is 17.1 Å². The van der Waals surface area contributed by atoms with Gasteiger partial charge in [0, 0.05) is 24.7 Å². The number of benzene rings is 4. The van der Waals surface area contributed by atoms with Gasteiger partial charge in [0.25, 0.3) is 0 Å². The van der Waals surface area contributed by atoms with Crippen molar-refractivity contribution in [2.75, 3.05) is 14.2 Å². The summed E-state index contributed by atoms with van der Waals surface area (Å²) >= 11 is 0. The Morgan fingerprint density at radius 1 is 0.610 bits per heavy atom. The van der Waals surface area contributed by atoms with Crippen molar-refractivity contribution in [1.82, 2.24) is 26.6 Å². The molecule has 0 spiro atoms. The number of methoxy groups -OCH3 is 2. The molecule has 0 aromatic heterocycles. The summed E-state index contributed by atoms with van der Waals surface area (Å²) < 4.78 is 15.8. The number of ether oxygens (including phenoxy) is 3. The lowest BCUT2D eigenvalue weighted by molar-refractivity contribution is -0.134. The fraction of sp³-hybridized carbons (Fsp3) is 0.378. The zero-order valence-corrected chi connectivity index (χ0v) is 34.4. The van der Waals surface area contributed by atoms with Crippen molar-refractivity contribution >= 4 is 23.8 Å². The third-order valence-electron chi connectivity index (χ3n) is 9.78. The van der Waals surface area contributed by atoms with Gasteiger partial charge in [-0.15, -0.1) is 0 Å². The molecule has 0 heterocycles. The van der Waals surface area contributed by atoms with Crippen molar-refractivity contribution in [2.24, 2.45) is 11.8 Å². The SMILES string of the molecule is COc1ccc(CNC(C(=O)NC(C(=O)NCc2ccc(OC)cc2O)C(C)C)C(O)C(Cc2ccccc2)NC(=O)C(NC(=O)OCc2ccccc2)C(C)C)cc1. The summed E-state index contributed by atoms with van der Waals surface area (Å²) in [4.78, 5) is 54.9. The Hall–Kier alpha value is -6.12. The minimum Gasteiger partial charge on any atom is -0.507 e. The van der Waals surface area contributed by atoms with Crippen LogP contribution in [0.15, 0.2) is 103 Å². The van der Waals surface area contributed by atoms with E-state index >= 15 is 0 Å². The Morgan fingerprint density at radius 2 is 1.17 bits per heavy atom. The van der Waals surface area contributed by atoms with Crippen molar-refractivity contribution in [1.29, 1.82) is 0 Å². The van der Waals surface area contributed by atoms with Gasteiger partial charge in [0.1, 0.15) is 42.0 Å². The summed E-state index contributed by atoms with van der Waals surface area (Å²) in [5.74, 6) is -1.53. The predicted octanol–water partition coefficient (Wildman–Crippen LogP) is 4.36. The first kappa shape index (κ1) is 45.6. The molecule has 0 aliphatic heterocycles. The number of phenolic OH excluding ortho intramolecular Hbond substituents is 1. The van der Waals surface area contributed by atoms with Gasteiger partial charge in [0.2, 0.25) is 17.7 Å². The number of aromatic hydroxyl groups is 1. The topological polar surface area (TPSA) is 197 Å². The van der Waals surface area contributed by atoms with E-state index in [0.717, 1.165) is 16.7 Å². The lowest BCUT2D eigenvalue weighted by atomic mass is 9.93. The lowest BCUT2D eigenvalue weighted by Crippen LogP contribution is -2.63. The van der Waals surface area contributed by atoms with Crippen molar-refractivity contribution in [3.8, 4) is 17.2 Å². The van der Waals surface area contributed by atoms with Gasteiger partial charge in [-0.25, -0.2) is 4.79 Å². The Balaban J connectivity index is 1.59. The van der Waals surface area contributed by atoms with Crippen LogP contribution in [0.3, 0.4) is 0 Å². The van der Waals surface area contributed by atoms with E-state index < -0.39 is 54.1 Å². The van der Waals surface area contributed by atoms with Crippen LogP contribution in [0.1, 0.15) is 49.9 Å². The molecule has 0 aliphatic carbocycles. The predicted molar refractivity (Wildman–Crippen MR) is 223 cm³/mol. The molecule has 4 aromatic carbocycles. The number of alkyl carbamates (subject to hydrolysis) is 1. The number of phenols is 1. The highest BCUT2D eigenvalue weighted by molar-refractivity contribution is 5.91. The number of rotatable bonds is 21. The summed E-state index contributed by atoms with van der Waals surface area (Å²) in [6.07, 6.45) is -2.23. The molecule has 4 aromatic rings. The van der Waals surface area contributed by atoms with Crippen LogP contribution in [0.5, 0.6) is 17.2 Å². The molecule has 4 amide bonds. The van der Waals surface area contributed by atoms with Gasteiger partial charge in [0.15, 0.2) is 0 Å². The summed E-state index contributed by atoms with van der Waals surface area (Å²) in [6, 6.07) is 25.7. The first-order valence-corrected chi connectivity index (χ1v) is 19.6. The maximum Gasteiger partial charge on any atom is 0.408 e. The average Bonchev–Trinajstić information content (AvgIpc) is 3.23. The number of carbonyl (C=O) groups excluding carboxylic acids is 4. The Labute approximate surface area is 346 Å². The number of aliphatic hydroxyl groups is 1. The molecule has 0 aliphatic rings. The van der Waals surface area contributed by atoms with Crippen LogP contribution in [0.25, 0.3) is 0 Å². The van der Waals surface area contributed by atoms with Gasteiger partial charge < -0.3 is 45.7 Å².